The topological polar surface area (TPSA) is 83.6 Å². The van der Waals surface area contributed by atoms with Gasteiger partial charge in [-0.25, -0.2) is 4.98 Å². The lowest BCUT2D eigenvalue weighted by molar-refractivity contribution is 0.102. The zero-order chi connectivity index (χ0) is 13.4. The maximum atomic E-state index is 12.2. The quantitative estimate of drug-likeness (QED) is 0.925. The average molecular weight is 273 g/mol. The van der Waals surface area contributed by atoms with E-state index < -0.39 is 0 Å². The zero-order valence-electron chi connectivity index (χ0n) is 10.3. The van der Waals surface area contributed by atoms with Gasteiger partial charge in [-0.05, 0) is 12.8 Å². The van der Waals surface area contributed by atoms with E-state index in [2.05, 4.69) is 15.4 Å². The number of amides is 1. The Hall–Kier alpha value is -2.20. The van der Waals surface area contributed by atoms with Crippen molar-refractivity contribution in [2.24, 2.45) is 7.05 Å². The highest BCUT2D eigenvalue weighted by Crippen LogP contribution is 2.40. The fourth-order valence-corrected chi connectivity index (χ4v) is 2.50. The van der Waals surface area contributed by atoms with Crippen LogP contribution in [-0.4, -0.2) is 20.7 Å². The summed E-state index contributed by atoms with van der Waals surface area (Å²) in [6.45, 7) is 0. The Labute approximate surface area is 113 Å². The standard InChI is InChI=1S/C12H11N5OS/c1-17-6-9(10(16-17)7-2-3-7)11(18)15-12-14-5-8(4-13)19-12/h5-7H,2-3H2,1H3,(H,14,15,18). The minimum Gasteiger partial charge on any atom is -0.298 e. The van der Waals surface area contributed by atoms with E-state index in [1.165, 1.54) is 6.20 Å². The van der Waals surface area contributed by atoms with Crippen molar-refractivity contribution in [1.82, 2.24) is 14.8 Å². The van der Waals surface area contributed by atoms with Crippen LogP contribution in [-0.2, 0) is 7.05 Å². The molecule has 0 radical (unpaired) electrons. The summed E-state index contributed by atoms with van der Waals surface area (Å²) in [5.74, 6) is 0.196. The van der Waals surface area contributed by atoms with Crippen molar-refractivity contribution in [2.75, 3.05) is 5.32 Å². The van der Waals surface area contributed by atoms with E-state index >= 15 is 0 Å². The van der Waals surface area contributed by atoms with E-state index in [4.69, 9.17) is 5.26 Å². The Bertz CT molecular complexity index is 677. The molecule has 1 amide bonds. The molecule has 1 fully saturated rings. The van der Waals surface area contributed by atoms with Crippen LogP contribution in [0.1, 0.15) is 39.7 Å². The summed E-state index contributed by atoms with van der Waals surface area (Å²) in [5, 5.41) is 16.2. The second kappa shape index (κ2) is 4.48. The van der Waals surface area contributed by atoms with E-state index in [1.54, 1.807) is 17.9 Å². The Kier molecular flexibility index (Phi) is 2.80. The van der Waals surface area contributed by atoms with Gasteiger partial charge < -0.3 is 0 Å². The van der Waals surface area contributed by atoms with Crippen LogP contribution in [0.15, 0.2) is 12.4 Å². The molecular weight excluding hydrogens is 262 g/mol. The highest BCUT2D eigenvalue weighted by molar-refractivity contribution is 7.16. The summed E-state index contributed by atoms with van der Waals surface area (Å²) >= 11 is 1.16. The molecule has 0 aromatic carbocycles. The van der Waals surface area contributed by atoms with Gasteiger partial charge in [0.05, 0.1) is 17.5 Å². The average Bonchev–Trinajstić information content (AvgIpc) is 3.01. The number of hydrogen-bond acceptors (Lipinski definition) is 5. The van der Waals surface area contributed by atoms with E-state index in [-0.39, 0.29) is 5.91 Å². The highest BCUT2D eigenvalue weighted by atomic mass is 32.1. The molecule has 96 valence electrons. The molecule has 2 aromatic rings. The van der Waals surface area contributed by atoms with Crippen LogP contribution >= 0.6 is 11.3 Å². The summed E-state index contributed by atoms with van der Waals surface area (Å²) in [6.07, 6.45) is 5.35. The second-order valence-corrected chi connectivity index (χ2v) is 5.50. The lowest BCUT2D eigenvalue weighted by atomic mass is 10.2. The number of aromatic nitrogens is 3. The molecule has 1 N–H and O–H groups in total. The number of aryl methyl sites for hydroxylation is 1. The second-order valence-electron chi connectivity index (χ2n) is 4.47. The number of nitrogens with zero attached hydrogens (tertiary/aromatic N) is 4. The van der Waals surface area contributed by atoms with Crippen LogP contribution in [0, 0.1) is 11.3 Å². The molecule has 0 bridgehead atoms. The van der Waals surface area contributed by atoms with Crippen LogP contribution < -0.4 is 5.32 Å². The molecule has 2 heterocycles. The largest absolute Gasteiger partial charge is 0.298 e. The third-order valence-corrected chi connectivity index (χ3v) is 3.72. The van der Waals surface area contributed by atoms with Crippen LogP contribution in [0.2, 0.25) is 0 Å². The first-order chi connectivity index (χ1) is 9.17. The molecule has 0 spiro atoms. The summed E-state index contributed by atoms with van der Waals surface area (Å²) in [5.41, 5.74) is 1.45. The molecule has 2 aromatic heterocycles. The zero-order valence-corrected chi connectivity index (χ0v) is 11.1. The minimum atomic E-state index is -0.214. The number of hydrogen-bond donors (Lipinski definition) is 1. The van der Waals surface area contributed by atoms with Crippen LogP contribution in [0.25, 0.3) is 0 Å². The minimum absolute atomic E-state index is 0.214. The van der Waals surface area contributed by atoms with Gasteiger partial charge in [0.25, 0.3) is 5.91 Å². The van der Waals surface area contributed by atoms with Gasteiger partial charge in [-0.15, -0.1) is 0 Å². The van der Waals surface area contributed by atoms with Crippen molar-refractivity contribution >= 4 is 22.4 Å². The molecule has 1 saturated carbocycles. The molecule has 0 saturated heterocycles. The Morgan fingerprint density at radius 3 is 3.05 bits per heavy atom. The maximum absolute atomic E-state index is 12.2. The van der Waals surface area contributed by atoms with Crippen LogP contribution in [0.3, 0.4) is 0 Å². The van der Waals surface area contributed by atoms with Crippen molar-refractivity contribution in [1.29, 1.82) is 5.26 Å². The molecule has 6 nitrogen and oxygen atoms in total. The van der Waals surface area contributed by atoms with Gasteiger partial charge in [-0.3, -0.25) is 14.8 Å². The summed E-state index contributed by atoms with van der Waals surface area (Å²) in [4.78, 5) is 16.7. The van der Waals surface area contributed by atoms with Gasteiger partial charge in [0.2, 0.25) is 0 Å². The van der Waals surface area contributed by atoms with E-state index in [9.17, 15) is 4.79 Å². The summed E-state index contributed by atoms with van der Waals surface area (Å²) in [6, 6.07) is 1.99. The van der Waals surface area contributed by atoms with E-state index in [0.29, 0.717) is 21.5 Å². The normalized spacial score (nSPS) is 14.1. The van der Waals surface area contributed by atoms with Crippen LogP contribution in [0.5, 0.6) is 0 Å². The fourth-order valence-electron chi connectivity index (χ4n) is 1.89. The fraction of sp³-hybridized carbons (Fsp3) is 0.333. The molecule has 1 aliphatic carbocycles. The lowest BCUT2D eigenvalue weighted by Crippen LogP contribution is -2.12. The third-order valence-electron chi connectivity index (χ3n) is 2.90. The van der Waals surface area contributed by atoms with E-state index in [1.807, 2.05) is 6.07 Å². The number of anilines is 1. The molecular formula is C12H11N5OS. The number of carbonyl (C=O) groups excluding carboxylic acids is 1. The number of carbonyl (C=O) groups is 1. The SMILES string of the molecule is Cn1cc(C(=O)Nc2ncc(C#N)s2)c(C2CC2)n1. The molecule has 7 heteroatoms. The van der Waals surface area contributed by atoms with Gasteiger partial charge in [-0.2, -0.15) is 10.4 Å². The summed E-state index contributed by atoms with van der Waals surface area (Å²) < 4.78 is 1.66. The Balaban J connectivity index is 1.82. The van der Waals surface area contributed by atoms with Gasteiger partial charge in [0.15, 0.2) is 5.13 Å². The Morgan fingerprint density at radius 2 is 2.42 bits per heavy atom. The first-order valence-electron chi connectivity index (χ1n) is 5.88. The molecule has 19 heavy (non-hydrogen) atoms. The molecule has 0 atom stereocenters. The van der Waals surface area contributed by atoms with Crippen molar-refractivity contribution in [3.05, 3.63) is 28.5 Å². The van der Waals surface area contributed by atoms with Gasteiger partial charge in [0, 0.05) is 19.2 Å². The highest BCUT2D eigenvalue weighted by Gasteiger charge is 2.31. The first kappa shape index (κ1) is 11.9. The molecule has 3 rings (SSSR count). The Morgan fingerprint density at radius 1 is 1.63 bits per heavy atom. The predicted molar refractivity (Wildman–Crippen MR) is 70.0 cm³/mol. The van der Waals surface area contributed by atoms with Crippen LogP contribution in [0.4, 0.5) is 5.13 Å². The van der Waals surface area contributed by atoms with Crippen molar-refractivity contribution < 1.29 is 4.79 Å². The molecule has 0 unspecified atom stereocenters. The smallest absolute Gasteiger partial charge is 0.260 e. The monoisotopic (exact) mass is 273 g/mol. The number of nitrogens with one attached hydrogen (secondary N) is 1. The maximum Gasteiger partial charge on any atom is 0.260 e. The number of nitriles is 1. The molecule has 0 aliphatic heterocycles. The van der Waals surface area contributed by atoms with Gasteiger partial charge in [0.1, 0.15) is 10.9 Å². The summed E-state index contributed by atoms with van der Waals surface area (Å²) in [7, 11) is 1.81. The van der Waals surface area contributed by atoms with E-state index in [0.717, 1.165) is 29.9 Å². The van der Waals surface area contributed by atoms with Crippen molar-refractivity contribution in [3.8, 4) is 6.07 Å². The number of rotatable bonds is 3. The molecule has 1 aliphatic rings. The predicted octanol–water partition coefficient (Wildman–Crippen LogP) is 1.88. The van der Waals surface area contributed by atoms with Gasteiger partial charge >= 0.3 is 0 Å². The lowest BCUT2D eigenvalue weighted by Gasteiger charge is -2.00. The third kappa shape index (κ3) is 2.35. The first-order valence-corrected chi connectivity index (χ1v) is 6.70. The van der Waals surface area contributed by atoms with Crippen molar-refractivity contribution in [2.45, 2.75) is 18.8 Å². The van der Waals surface area contributed by atoms with Crippen molar-refractivity contribution in [3.63, 3.8) is 0 Å². The van der Waals surface area contributed by atoms with Gasteiger partial charge in [-0.1, -0.05) is 11.3 Å². The number of thiazole rings is 1.